The lowest BCUT2D eigenvalue weighted by atomic mass is 9.94. The Labute approximate surface area is 138 Å². The number of carbonyl (C=O) groups excluding carboxylic acids is 1. The number of carbonyl (C=O) groups is 2. The first kappa shape index (κ1) is 17.0. The molecule has 1 aromatic carbocycles. The molecule has 2 rings (SSSR count). The summed E-state index contributed by atoms with van der Waals surface area (Å²) in [6.07, 6.45) is -1.33. The maximum absolute atomic E-state index is 12.2. The largest absolute Gasteiger partial charge is 0.468 e. The third-order valence-electron chi connectivity index (χ3n) is 3.54. The smallest absolute Gasteiger partial charge is 0.416 e. The predicted molar refractivity (Wildman–Crippen MR) is 82.9 cm³/mol. The molecular formula is C16H15N3O5. The molecule has 0 bridgehead atoms. The second-order valence-corrected chi connectivity index (χ2v) is 4.88. The van der Waals surface area contributed by atoms with E-state index in [1.165, 1.54) is 26.4 Å². The van der Waals surface area contributed by atoms with Gasteiger partial charge in [-0.2, -0.15) is 5.26 Å². The molecule has 0 spiro atoms. The summed E-state index contributed by atoms with van der Waals surface area (Å²) in [5.74, 6) is -0.688. The van der Waals surface area contributed by atoms with Crippen molar-refractivity contribution < 1.29 is 24.2 Å². The summed E-state index contributed by atoms with van der Waals surface area (Å²) in [7, 11) is 2.50. The van der Waals surface area contributed by atoms with Crippen LogP contribution in [0.3, 0.4) is 0 Å². The topological polar surface area (TPSA) is 112 Å². The summed E-state index contributed by atoms with van der Waals surface area (Å²) in [6, 6.07) is 7.08. The molecular weight excluding hydrogens is 314 g/mol. The molecule has 0 saturated heterocycles. The standard InChI is InChI=1S/C16H15N3O5/c1-9-12(14(20)23-2)13(11-6-4-10(8-17)5-7-11)19(16(21)22)15(18-9)24-3/h4-7,13H,1-3H3,(H,21,22). The highest BCUT2D eigenvalue weighted by atomic mass is 16.5. The Morgan fingerprint density at radius 2 is 1.92 bits per heavy atom. The Hall–Kier alpha value is -3.34. The number of hydrogen-bond acceptors (Lipinski definition) is 6. The van der Waals surface area contributed by atoms with Crippen LogP contribution in [-0.2, 0) is 14.3 Å². The number of nitriles is 1. The number of aliphatic imine (C=N–C) groups is 1. The molecule has 1 atom stereocenters. The van der Waals surface area contributed by atoms with Crippen molar-refractivity contribution in [3.63, 3.8) is 0 Å². The lowest BCUT2D eigenvalue weighted by Gasteiger charge is -2.33. The van der Waals surface area contributed by atoms with Crippen molar-refractivity contribution in [2.24, 2.45) is 4.99 Å². The minimum atomic E-state index is -1.33. The van der Waals surface area contributed by atoms with Crippen LogP contribution in [0, 0.1) is 11.3 Å². The third kappa shape index (κ3) is 2.92. The highest BCUT2D eigenvalue weighted by Crippen LogP contribution is 2.36. The number of methoxy groups -OCH3 is 2. The number of amidine groups is 1. The van der Waals surface area contributed by atoms with Gasteiger partial charge in [0.25, 0.3) is 0 Å². The Morgan fingerprint density at radius 3 is 2.38 bits per heavy atom. The van der Waals surface area contributed by atoms with Gasteiger partial charge in [-0.25, -0.2) is 19.5 Å². The van der Waals surface area contributed by atoms with Gasteiger partial charge in [-0.1, -0.05) is 12.1 Å². The average molecular weight is 329 g/mol. The predicted octanol–water partition coefficient (Wildman–Crippen LogP) is 2.04. The van der Waals surface area contributed by atoms with Crippen molar-refractivity contribution >= 4 is 18.1 Å². The number of allylic oxidation sites excluding steroid dienone is 1. The van der Waals surface area contributed by atoms with Crippen LogP contribution in [0.1, 0.15) is 24.1 Å². The number of esters is 1. The molecule has 0 radical (unpaired) electrons. The van der Waals surface area contributed by atoms with Crippen LogP contribution < -0.4 is 0 Å². The first-order valence-corrected chi connectivity index (χ1v) is 6.88. The molecule has 1 aliphatic heterocycles. The maximum Gasteiger partial charge on any atom is 0.416 e. The summed E-state index contributed by atoms with van der Waals surface area (Å²) in [5, 5.41) is 18.5. The van der Waals surface area contributed by atoms with E-state index in [1.54, 1.807) is 19.1 Å². The van der Waals surface area contributed by atoms with Gasteiger partial charge in [-0.05, 0) is 24.6 Å². The van der Waals surface area contributed by atoms with E-state index in [1.807, 2.05) is 6.07 Å². The van der Waals surface area contributed by atoms with Gasteiger partial charge < -0.3 is 14.6 Å². The number of nitrogens with zero attached hydrogens (tertiary/aromatic N) is 3. The van der Waals surface area contributed by atoms with E-state index in [0.29, 0.717) is 16.8 Å². The van der Waals surface area contributed by atoms with Gasteiger partial charge in [0.1, 0.15) is 6.04 Å². The number of hydrogen-bond donors (Lipinski definition) is 1. The van der Waals surface area contributed by atoms with Crippen molar-refractivity contribution in [2.45, 2.75) is 13.0 Å². The quantitative estimate of drug-likeness (QED) is 0.831. The zero-order valence-electron chi connectivity index (χ0n) is 13.3. The SMILES string of the molecule is COC(=O)C1=C(C)N=C(OC)N(C(=O)O)C1c1ccc(C#N)cc1. The minimum Gasteiger partial charge on any atom is -0.468 e. The molecule has 8 heteroatoms. The molecule has 1 N–H and O–H groups in total. The van der Waals surface area contributed by atoms with Crippen LogP contribution in [0.4, 0.5) is 4.79 Å². The Kier molecular flexibility index (Phi) is 4.84. The molecule has 1 unspecified atom stereocenters. The van der Waals surface area contributed by atoms with Gasteiger partial charge in [0.15, 0.2) is 0 Å². The third-order valence-corrected chi connectivity index (χ3v) is 3.54. The van der Waals surface area contributed by atoms with Crippen LogP contribution in [0.5, 0.6) is 0 Å². The summed E-state index contributed by atoms with van der Waals surface area (Å²) < 4.78 is 9.83. The molecule has 0 aromatic heterocycles. The van der Waals surface area contributed by atoms with Crippen LogP contribution in [0.15, 0.2) is 40.5 Å². The molecule has 24 heavy (non-hydrogen) atoms. The summed E-state index contributed by atoms with van der Waals surface area (Å²) in [4.78, 5) is 28.8. The van der Waals surface area contributed by atoms with E-state index >= 15 is 0 Å². The number of benzene rings is 1. The van der Waals surface area contributed by atoms with Crippen molar-refractivity contribution in [3.8, 4) is 6.07 Å². The molecule has 0 fully saturated rings. The molecule has 1 heterocycles. The zero-order chi connectivity index (χ0) is 17.9. The highest BCUT2D eigenvalue weighted by molar-refractivity contribution is 5.99. The van der Waals surface area contributed by atoms with Crippen LogP contribution in [-0.4, -0.2) is 42.3 Å². The van der Waals surface area contributed by atoms with E-state index in [0.717, 1.165) is 4.90 Å². The fourth-order valence-electron chi connectivity index (χ4n) is 2.46. The lowest BCUT2D eigenvalue weighted by molar-refractivity contribution is -0.136. The van der Waals surface area contributed by atoms with Gasteiger partial charge >= 0.3 is 18.1 Å². The van der Waals surface area contributed by atoms with Crippen molar-refractivity contribution in [1.29, 1.82) is 5.26 Å². The Bertz CT molecular complexity index is 774. The Balaban J connectivity index is 2.67. The van der Waals surface area contributed by atoms with E-state index < -0.39 is 18.1 Å². The second-order valence-electron chi connectivity index (χ2n) is 4.88. The monoisotopic (exact) mass is 329 g/mol. The average Bonchev–Trinajstić information content (AvgIpc) is 2.59. The van der Waals surface area contributed by atoms with Gasteiger partial charge in [-0.3, -0.25) is 0 Å². The molecule has 8 nitrogen and oxygen atoms in total. The van der Waals surface area contributed by atoms with E-state index in [-0.39, 0.29) is 11.6 Å². The zero-order valence-corrected chi connectivity index (χ0v) is 13.3. The summed E-state index contributed by atoms with van der Waals surface area (Å²) in [6.45, 7) is 1.57. The summed E-state index contributed by atoms with van der Waals surface area (Å²) in [5.41, 5.74) is 1.29. The van der Waals surface area contributed by atoms with Gasteiger partial charge in [0.05, 0.1) is 37.1 Å². The molecule has 1 amide bonds. The molecule has 124 valence electrons. The number of amides is 1. The Morgan fingerprint density at radius 1 is 1.29 bits per heavy atom. The molecule has 0 aliphatic carbocycles. The van der Waals surface area contributed by atoms with Gasteiger partial charge in [0, 0.05) is 0 Å². The molecule has 1 aromatic rings. The fourth-order valence-corrected chi connectivity index (χ4v) is 2.46. The normalized spacial score (nSPS) is 17.0. The molecule has 1 aliphatic rings. The minimum absolute atomic E-state index is 0.0883. The maximum atomic E-state index is 12.2. The van der Waals surface area contributed by atoms with Gasteiger partial charge in [-0.15, -0.1) is 0 Å². The first-order chi connectivity index (χ1) is 11.4. The van der Waals surface area contributed by atoms with E-state index in [9.17, 15) is 14.7 Å². The van der Waals surface area contributed by atoms with Crippen LogP contribution >= 0.6 is 0 Å². The van der Waals surface area contributed by atoms with Crippen molar-refractivity contribution in [2.75, 3.05) is 14.2 Å². The summed E-state index contributed by atoms with van der Waals surface area (Å²) >= 11 is 0. The van der Waals surface area contributed by atoms with Gasteiger partial charge in [0.2, 0.25) is 0 Å². The number of carboxylic acid groups (broad SMARTS) is 1. The fraction of sp³-hybridized carbons (Fsp3) is 0.250. The lowest BCUT2D eigenvalue weighted by Crippen LogP contribution is -2.44. The first-order valence-electron chi connectivity index (χ1n) is 6.88. The number of rotatable bonds is 2. The highest BCUT2D eigenvalue weighted by Gasteiger charge is 2.40. The molecule has 0 saturated carbocycles. The van der Waals surface area contributed by atoms with Crippen molar-refractivity contribution in [3.05, 3.63) is 46.7 Å². The number of ether oxygens (including phenoxy) is 2. The van der Waals surface area contributed by atoms with Crippen molar-refractivity contribution in [1.82, 2.24) is 4.90 Å². The van der Waals surface area contributed by atoms with E-state index in [2.05, 4.69) is 4.99 Å². The van der Waals surface area contributed by atoms with E-state index in [4.69, 9.17) is 14.7 Å². The van der Waals surface area contributed by atoms with Crippen LogP contribution in [0.2, 0.25) is 0 Å². The second kappa shape index (κ2) is 6.83. The van der Waals surface area contributed by atoms with Crippen LogP contribution in [0.25, 0.3) is 0 Å².